The van der Waals surface area contributed by atoms with Gasteiger partial charge in [-0.2, -0.15) is 18.4 Å². The number of nitriles is 1. The Morgan fingerprint density at radius 2 is 2.03 bits per heavy atom. The van der Waals surface area contributed by atoms with E-state index < -0.39 is 22.4 Å². The molecular weight excluding hydrogens is 441 g/mol. The summed E-state index contributed by atoms with van der Waals surface area (Å²) >= 11 is 0. The fourth-order valence-corrected chi connectivity index (χ4v) is 3.59. The van der Waals surface area contributed by atoms with Crippen LogP contribution in [0, 0.1) is 21.4 Å². The Hall–Kier alpha value is -3.88. The van der Waals surface area contributed by atoms with Gasteiger partial charge in [0.2, 0.25) is 5.91 Å². The van der Waals surface area contributed by atoms with Gasteiger partial charge in [-0.15, -0.1) is 0 Å². The topological polar surface area (TPSA) is 115 Å². The lowest BCUT2D eigenvalue weighted by atomic mass is 10.1. The van der Waals surface area contributed by atoms with Gasteiger partial charge in [0.1, 0.15) is 17.6 Å². The second-order valence-corrected chi connectivity index (χ2v) is 7.37. The number of benzene rings is 1. The number of carbonyl (C=O) groups is 1. The van der Waals surface area contributed by atoms with Crippen molar-refractivity contribution in [3.8, 4) is 6.07 Å². The molecule has 0 bridgehead atoms. The number of alkyl halides is 3. The number of aromatic nitrogens is 1. The predicted molar refractivity (Wildman–Crippen MR) is 114 cm³/mol. The summed E-state index contributed by atoms with van der Waals surface area (Å²) in [5, 5.41) is 23.1. The minimum absolute atomic E-state index is 0.0191. The quantitative estimate of drug-likeness (QED) is 0.517. The Kier molecular flexibility index (Phi) is 7.32. The summed E-state index contributed by atoms with van der Waals surface area (Å²) in [6.45, 7) is 2.08. The third-order valence-corrected chi connectivity index (χ3v) is 5.23. The standard InChI is InChI=1S/C21H21F3N6O3/c22-21(23,24)16-4-5-17(18(13-16)30(32)33)26-8-6-19(31)28-9-2-10-29(12-11-28)20-15(14-25)3-1-7-27-20/h1,3-5,7,13,26H,2,6,8-12H2. The Morgan fingerprint density at radius 1 is 1.24 bits per heavy atom. The number of hydrogen-bond donors (Lipinski definition) is 1. The molecule has 1 N–H and O–H groups in total. The number of rotatable bonds is 6. The summed E-state index contributed by atoms with van der Waals surface area (Å²) in [6.07, 6.45) is -2.39. The smallest absolute Gasteiger partial charge is 0.379 e. The van der Waals surface area contributed by atoms with Crippen LogP contribution in [0.5, 0.6) is 0 Å². The average molecular weight is 462 g/mol. The summed E-state index contributed by atoms with van der Waals surface area (Å²) in [5.41, 5.74) is -1.44. The molecule has 33 heavy (non-hydrogen) atoms. The molecule has 0 saturated carbocycles. The molecule has 2 aromatic rings. The fourth-order valence-electron chi connectivity index (χ4n) is 3.59. The van der Waals surface area contributed by atoms with E-state index in [1.807, 2.05) is 4.90 Å². The van der Waals surface area contributed by atoms with Crippen LogP contribution < -0.4 is 10.2 Å². The predicted octanol–water partition coefficient (Wildman–Crippen LogP) is 3.42. The SMILES string of the molecule is N#Cc1cccnc1N1CCCN(C(=O)CCNc2ccc(C(F)(F)F)cc2[N+](=O)[O-])CC1. The first kappa shape index (κ1) is 23.8. The molecule has 2 heterocycles. The highest BCUT2D eigenvalue weighted by Gasteiger charge is 2.33. The Bertz CT molecular complexity index is 1070. The van der Waals surface area contributed by atoms with Crippen LogP contribution in [0.15, 0.2) is 36.5 Å². The number of pyridine rings is 1. The molecule has 1 aromatic carbocycles. The number of nitrogens with zero attached hydrogens (tertiary/aromatic N) is 5. The number of halogens is 3. The molecule has 1 amide bonds. The lowest BCUT2D eigenvalue weighted by Crippen LogP contribution is -2.36. The Balaban J connectivity index is 1.57. The minimum atomic E-state index is -4.69. The van der Waals surface area contributed by atoms with Crippen LogP contribution in [0.3, 0.4) is 0 Å². The van der Waals surface area contributed by atoms with Gasteiger partial charge in [0.05, 0.1) is 16.1 Å². The van der Waals surface area contributed by atoms with Crippen molar-refractivity contribution >= 4 is 23.1 Å². The minimum Gasteiger partial charge on any atom is -0.379 e. The van der Waals surface area contributed by atoms with Crippen molar-refractivity contribution in [2.75, 3.05) is 42.9 Å². The monoisotopic (exact) mass is 462 g/mol. The van der Waals surface area contributed by atoms with Crippen molar-refractivity contribution in [2.45, 2.75) is 19.0 Å². The Labute approximate surface area is 187 Å². The maximum atomic E-state index is 12.8. The van der Waals surface area contributed by atoms with Gasteiger partial charge >= 0.3 is 6.18 Å². The molecule has 1 aliphatic heterocycles. The Morgan fingerprint density at radius 3 is 2.73 bits per heavy atom. The fraction of sp³-hybridized carbons (Fsp3) is 0.381. The molecule has 0 aliphatic carbocycles. The van der Waals surface area contributed by atoms with Crippen molar-refractivity contribution in [3.63, 3.8) is 0 Å². The van der Waals surface area contributed by atoms with E-state index in [0.29, 0.717) is 50.0 Å². The largest absolute Gasteiger partial charge is 0.416 e. The molecule has 9 nitrogen and oxygen atoms in total. The highest BCUT2D eigenvalue weighted by atomic mass is 19.4. The summed E-state index contributed by atoms with van der Waals surface area (Å²) in [7, 11) is 0. The van der Waals surface area contributed by atoms with E-state index in [9.17, 15) is 33.3 Å². The average Bonchev–Trinajstić information content (AvgIpc) is 3.04. The van der Waals surface area contributed by atoms with Gasteiger partial charge in [0, 0.05) is 51.4 Å². The van der Waals surface area contributed by atoms with E-state index >= 15 is 0 Å². The number of nitro groups is 1. The van der Waals surface area contributed by atoms with Crippen molar-refractivity contribution in [1.29, 1.82) is 5.26 Å². The number of anilines is 2. The summed E-state index contributed by atoms with van der Waals surface area (Å²) in [4.78, 5) is 30.8. The maximum absolute atomic E-state index is 12.8. The first-order chi connectivity index (χ1) is 15.7. The van der Waals surface area contributed by atoms with Crippen LogP contribution in [0.1, 0.15) is 24.0 Å². The lowest BCUT2D eigenvalue weighted by Gasteiger charge is -2.23. The normalized spacial score (nSPS) is 14.4. The van der Waals surface area contributed by atoms with Gasteiger partial charge in [-0.25, -0.2) is 4.98 Å². The third-order valence-electron chi connectivity index (χ3n) is 5.23. The van der Waals surface area contributed by atoms with Crippen molar-refractivity contribution in [1.82, 2.24) is 9.88 Å². The van der Waals surface area contributed by atoms with E-state index in [1.165, 1.54) is 0 Å². The van der Waals surface area contributed by atoms with Gasteiger partial charge in [0.15, 0.2) is 0 Å². The second kappa shape index (κ2) is 10.2. The molecule has 174 valence electrons. The first-order valence-electron chi connectivity index (χ1n) is 10.2. The van der Waals surface area contributed by atoms with Gasteiger partial charge < -0.3 is 15.1 Å². The van der Waals surface area contributed by atoms with Crippen molar-refractivity contribution in [2.24, 2.45) is 0 Å². The van der Waals surface area contributed by atoms with E-state index in [4.69, 9.17) is 0 Å². The second-order valence-electron chi connectivity index (χ2n) is 7.37. The molecule has 1 saturated heterocycles. The zero-order valence-electron chi connectivity index (χ0n) is 17.5. The molecule has 1 aromatic heterocycles. The number of nitro benzene ring substituents is 1. The molecular formula is C21H21F3N6O3. The van der Waals surface area contributed by atoms with Gasteiger partial charge in [-0.05, 0) is 30.7 Å². The van der Waals surface area contributed by atoms with Crippen LogP contribution in [0.25, 0.3) is 0 Å². The number of amides is 1. The van der Waals surface area contributed by atoms with Crippen LogP contribution in [0.4, 0.5) is 30.4 Å². The van der Waals surface area contributed by atoms with Gasteiger partial charge in [-0.3, -0.25) is 14.9 Å². The highest BCUT2D eigenvalue weighted by Crippen LogP contribution is 2.35. The molecule has 0 radical (unpaired) electrons. The zero-order valence-corrected chi connectivity index (χ0v) is 17.5. The lowest BCUT2D eigenvalue weighted by molar-refractivity contribution is -0.384. The van der Waals surface area contributed by atoms with E-state index in [1.54, 1.807) is 23.2 Å². The van der Waals surface area contributed by atoms with Crippen LogP contribution in [0.2, 0.25) is 0 Å². The van der Waals surface area contributed by atoms with Crippen molar-refractivity contribution in [3.05, 3.63) is 57.8 Å². The van der Waals surface area contributed by atoms with Gasteiger partial charge in [0.25, 0.3) is 5.69 Å². The van der Waals surface area contributed by atoms with E-state index in [0.717, 1.165) is 12.1 Å². The number of carbonyl (C=O) groups excluding carboxylic acids is 1. The number of nitrogens with one attached hydrogen (secondary N) is 1. The van der Waals surface area contributed by atoms with Crippen LogP contribution in [-0.2, 0) is 11.0 Å². The molecule has 0 atom stereocenters. The zero-order chi connectivity index (χ0) is 24.0. The molecule has 1 aliphatic rings. The van der Waals surface area contributed by atoms with E-state index in [-0.39, 0.29) is 24.6 Å². The molecule has 0 spiro atoms. The van der Waals surface area contributed by atoms with Crippen LogP contribution >= 0.6 is 0 Å². The third kappa shape index (κ3) is 5.88. The summed E-state index contributed by atoms with van der Waals surface area (Å²) in [6, 6.07) is 7.70. The van der Waals surface area contributed by atoms with Crippen molar-refractivity contribution < 1.29 is 22.9 Å². The highest BCUT2D eigenvalue weighted by molar-refractivity contribution is 5.77. The summed E-state index contributed by atoms with van der Waals surface area (Å²) in [5.74, 6) is 0.394. The molecule has 3 rings (SSSR count). The molecule has 1 fully saturated rings. The molecule has 0 unspecified atom stereocenters. The first-order valence-corrected chi connectivity index (χ1v) is 10.2. The summed E-state index contributed by atoms with van der Waals surface area (Å²) < 4.78 is 38.5. The molecule has 12 heteroatoms. The van der Waals surface area contributed by atoms with Gasteiger partial charge in [-0.1, -0.05) is 0 Å². The van der Waals surface area contributed by atoms with Crippen LogP contribution in [-0.4, -0.2) is 53.4 Å². The van der Waals surface area contributed by atoms with E-state index in [2.05, 4.69) is 16.4 Å². The number of hydrogen-bond acceptors (Lipinski definition) is 7. The maximum Gasteiger partial charge on any atom is 0.416 e.